The normalized spacial score (nSPS) is 11.1. The van der Waals surface area contributed by atoms with Gasteiger partial charge in [0, 0.05) is 34.9 Å². The molecule has 0 spiro atoms. The standard InChI is InChI=1S/C17H13N3O2S/c21-10-4-5-12(16(22)8-10)15-9-19-17(23)20(15)14-3-1-2-13-11(14)6-7-18-13/h1-9,18,21-22H,(H,19,23). The van der Waals surface area contributed by atoms with Crippen LogP contribution in [0.2, 0.25) is 0 Å². The van der Waals surface area contributed by atoms with E-state index in [-0.39, 0.29) is 11.5 Å². The Morgan fingerprint density at radius 3 is 2.70 bits per heavy atom. The van der Waals surface area contributed by atoms with Crippen LogP contribution in [-0.2, 0) is 0 Å². The lowest BCUT2D eigenvalue weighted by molar-refractivity contribution is 0.451. The number of phenolic OH excluding ortho intramolecular Hbond substituents is 2. The topological polar surface area (TPSA) is 77.0 Å². The van der Waals surface area contributed by atoms with E-state index in [0.29, 0.717) is 10.3 Å². The summed E-state index contributed by atoms with van der Waals surface area (Å²) in [6.07, 6.45) is 3.63. The molecule has 23 heavy (non-hydrogen) atoms. The number of fused-ring (bicyclic) bond motifs is 1. The summed E-state index contributed by atoms with van der Waals surface area (Å²) >= 11 is 5.43. The second-order valence-electron chi connectivity index (χ2n) is 5.23. The Balaban J connectivity index is 2.03. The summed E-state index contributed by atoms with van der Waals surface area (Å²) in [7, 11) is 0. The van der Waals surface area contributed by atoms with E-state index in [1.807, 2.05) is 35.0 Å². The van der Waals surface area contributed by atoms with Crippen LogP contribution < -0.4 is 0 Å². The smallest absolute Gasteiger partial charge is 0.182 e. The van der Waals surface area contributed by atoms with Crippen molar-refractivity contribution in [3.63, 3.8) is 0 Å². The highest BCUT2D eigenvalue weighted by Crippen LogP contribution is 2.34. The van der Waals surface area contributed by atoms with Crippen molar-refractivity contribution in [3.8, 4) is 28.4 Å². The van der Waals surface area contributed by atoms with E-state index in [2.05, 4.69) is 9.97 Å². The third-order valence-electron chi connectivity index (χ3n) is 3.85. The zero-order valence-corrected chi connectivity index (χ0v) is 12.8. The number of H-pyrrole nitrogens is 2. The molecular weight excluding hydrogens is 310 g/mol. The molecule has 4 rings (SSSR count). The van der Waals surface area contributed by atoms with E-state index in [1.54, 1.807) is 12.3 Å². The molecule has 0 fully saturated rings. The molecule has 0 aliphatic heterocycles. The van der Waals surface area contributed by atoms with Gasteiger partial charge in [0.2, 0.25) is 0 Å². The fourth-order valence-corrected chi connectivity index (χ4v) is 3.06. The molecule has 2 aromatic carbocycles. The van der Waals surface area contributed by atoms with Crippen LogP contribution in [0, 0.1) is 4.77 Å². The van der Waals surface area contributed by atoms with Crippen molar-refractivity contribution in [3.05, 3.63) is 59.6 Å². The van der Waals surface area contributed by atoms with E-state index in [1.165, 1.54) is 12.1 Å². The first-order valence-corrected chi connectivity index (χ1v) is 7.45. The summed E-state index contributed by atoms with van der Waals surface area (Å²) in [4.78, 5) is 6.21. The van der Waals surface area contributed by atoms with Gasteiger partial charge < -0.3 is 20.2 Å². The Kier molecular flexibility index (Phi) is 2.99. The zero-order chi connectivity index (χ0) is 16.0. The predicted octanol–water partition coefficient (Wildman–Crippen LogP) is 4.09. The molecule has 0 unspecified atom stereocenters. The molecule has 2 aromatic heterocycles. The second kappa shape index (κ2) is 5.03. The van der Waals surface area contributed by atoms with Gasteiger partial charge in [0.15, 0.2) is 4.77 Å². The number of hydrogen-bond acceptors (Lipinski definition) is 3. The van der Waals surface area contributed by atoms with Crippen LogP contribution in [-0.4, -0.2) is 24.7 Å². The summed E-state index contributed by atoms with van der Waals surface area (Å²) in [5.74, 6) is 0.00802. The highest BCUT2D eigenvalue weighted by atomic mass is 32.1. The number of nitrogens with zero attached hydrogens (tertiary/aromatic N) is 1. The number of hydrogen-bond donors (Lipinski definition) is 4. The molecule has 4 N–H and O–H groups in total. The van der Waals surface area contributed by atoms with E-state index >= 15 is 0 Å². The highest BCUT2D eigenvalue weighted by molar-refractivity contribution is 7.71. The van der Waals surface area contributed by atoms with Crippen molar-refractivity contribution >= 4 is 23.1 Å². The van der Waals surface area contributed by atoms with Crippen molar-refractivity contribution in [2.24, 2.45) is 0 Å². The van der Waals surface area contributed by atoms with Crippen molar-refractivity contribution in [1.29, 1.82) is 0 Å². The molecule has 114 valence electrons. The lowest BCUT2D eigenvalue weighted by atomic mass is 10.1. The molecule has 6 heteroatoms. The molecule has 0 bridgehead atoms. The van der Waals surface area contributed by atoms with Gasteiger partial charge in [-0.2, -0.15) is 0 Å². The van der Waals surface area contributed by atoms with Crippen molar-refractivity contribution in [2.75, 3.05) is 0 Å². The monoisotopic (exact) mass is 323 g/mol. The number of aromatic nitrogens is 3. The minimum Gasteiger partial charge on any atom is -0.508 e. The van der Waals surface area contributed by atoms with Gasteiger partial charge in [0.25, 0.3) is 0 Å². The van der Waals surface area contributed by atoms with Gasteiger partial charge in [-0.1, -0.05) is 6.07 Å². The first-order chi connectivity index (χ1) is 11.1. The molecule has 0 amide bonds. The van der Waals surface area contributed by atoms with E-state index in [9.17, 15) is 10.2 Å². The van der Waals surface area contributed by atoms with Crippen LogP contribution in [0.5, 0.6) is 11.5 Å². The quantitative estimate of drug-likeness (QED) is 0.420. The fourth-order valence-electron chi connectivity index (χ4n) is 2.81. The third-order valence-corrected chi connectivity index (χ3v) is 4.15. The third kappa shape index (κ3) is 2.11. The SMILES string of the molecule is Oc1ccc(-c2c[nH]c(=S)n2-c2cccc3[nH]ccc23)c(O)c1. The van der Waals surface area contributed by atoms with Gasteiger partial charge in [-0.3, -0.25) is 4.57 Å². The maximum Gasteiger partial charge on any atom is 0.182 e. The average Bonchev–Trinajstić information content (AvgIpc) is 3.14. The Morgan fingerprint density at radius 1 is 1.00 bits per heavy atom. The Bertz CT molecular complexity index is 1070. The molecule has 0 radical (unpaired) electrons. The van der Waals surface area contributed by atoms with Gasteiger partial charge in [0.1, 0.15) is 11.5 Å². The zero-order valence-electron chi connectivity index (χ0n) is 11.9. The predicted molar refractivity (Wildman–Crippen MR) is 91.6 cm³/mol. The molecule has 0 aliphatic carbocycles. The number of rotatable bonds is 2. The summed E-state index contributed by atoms with van der Waals surface area (Å²) in [6.45, 7) is 0. The average molecular weight is 323 g/mol. The van der Waals surface area contributed by atoms with E-state index in [0.717, 1.165) is 22.3 Å². The van der Waals surface area contributed by atoms with Crippen LogP contribution in [0.25, 0.3) is 27.8 Å². The maximum atomic E-state index is 10.2. The van der Waals surface area contributed by atoms with Crippen molar-refractivity contribution in [2.45, 2.75) is 0 Å². The van der Waals surface area contributed by atoms with Gasteiger partial charge in [-0.15, -0.1) is 0 Å². The second-order valence-corrected chi connectivity index (χ2v) is 5.62. The summed E-state index contributed by atoms with van der Waals surface area (Å²) in [5.41, 5.74) is 3.23. The van der Waals surface area contributed by atoms with Crippen LogP contribution in [0.1, 0.15) is 0 Å². The first kappa shape index (κ1) is 13.7. The molecule has 0 aliphatic rings. The minimum absolute atomic E-state index is 0.00556. The Hall–Kier alpha value is -2.99. The van der Waals surface area contributed by atoms with E-state index < -0.39 is 0 Å². The van der Waals surface area contributed by atoms with Gasteiger partial charge in [0.05, 0.1) is 11.4 Å². The number of phenols is 2. The minimum atomic E-state index is -0.00556. The van der Waals surface area contributed by atoms with Gasteiger partial charge >= 0.3 is 0 Å². The van der Waals surface area contributed by atoms with Crippen LogP contribution >= 0.6 is 12.2 Å². The molecular formula is C17H13N3O2S. The summed E-state index contributed by atoms with van der Waals surface area (Å²) < 4.78 is 2.40. The van der Waals surface area contributed by atoms with Crippen LogP contribution in [0.15, 0.2) is 54.9 Å². The molecule has 5 nitrogen and oxygen atoms in total. The summed E-state index contributed by atoms with van der Waals surface area (Å²) in [6, 6.07) is 12.4. The maximum absolute atomic E-state index is 10.2. The highest BCUT2D eigenvalue weighted by Gasteiger charge is 2.14. The Labute approximate surface area is 136 Å². The molecule has 0 saturated carbocycles. The van der Waals surface area contributed by atoms with Gasteiger partial charge in [-0.25, -0.2) is 0 Å². The van der Waals surface area contributed by atoms with Crippen LogP contribution in [0.3, 0.4) is 0 Å². The first-order valence-electron chi connectivity index (χ1n) is 7.04. The number of imidazole rings is 1. The fraction of sp³-hybridized carbons (Fsp3) is 0. The number of benzene rings is 2. The lowest BCUT2D eigenvalue weighted by Crippen LogP contribution is -1.97. The van der Waals surface area contributed by atoms with Crippen molar-refractivity contribution < 1.29 is 10.2 Å². The largest absolute Gasteiger partial charge is 0.508 e. The molecule has 0 saturated heterocycles. The number of nitrogens with one attached hydrogen (secondary N) is 2. The van der Waals surface area contributed by atoms with Crippen LogP contribution in [0.4, 0.5) is 0 Å². The number of aromatic amines is 2. The Morgan fingerprint density at radius 2 is 1.87 bits per heavy atom. The van der Waals surface area contributed by atoms with Gasteiger partial charge in [-0.05, 0) is 42.5 Å². The lowest BCUT2D eigenvalue weighted by Gasteiger charge is -2.11. The molecule has 0 atom stereocenters. The van der Waals surface area contributed by atoms with Crippen molar-refractivity contribution in [1.82, 2.24) is 14.5 Å². The number of aromatic hydroxyl groups is 2. The summed E-state index contributed by atoms with van der Waals surface area (Å²) in [5, 5.41) is 20.7. The molecule has 4 aromatic rings. The van der Waals surface area contributed by atoms with E-state index in [4.69, 9.17) is 12.2 Å². The molecule has 2 heterocycles.